The highest BCUT2D eigenvalue weighted by atomic mass is 16.2. The van der Waals surface area contributed by atoms with Gasteiger partial charge in [-0.1, -0.05) is 38.1 Å². The van der Waals surface area contributed by atoms with Crippen LogP contribution in [0.4, 0.5) is 0 Å². The van der Waals surface area contributed by atoms with Gasteiger partial charge in [0.1, 0.15) is 6.54 Å². The van der Waals surface area contributed by atoms with Gasteiger partial charge in [-0.3, -0.25) is 19.0 Å². The minimum atomic E-state index is -0.549. The highest BCUT2D eigenvalue weighted by Gasteiger charge is 2.24. The number of carbonyl (C=O) groups excluding carboxylic acids is 2. The molecule has 0 bridgehead atoms. The van der Waals surface area contributed by atoms with Gasteiger partial charge in [0.25, 0.3) is 5.56 Å². The van der Waals surface area contributed by atoms with E-state index in [1.807, 2.05) is 12.1 Å². The van der Waals surface area contributed by atoms with Crippen LogP contribution in [-0.4, -0.2) is 56.9 Å². The van der Waals surface area contributed by atoms with Gasteiger partial charge in [0.15, 0.2) is 0 Å². The van der Waals surface area contributed by atoms with Crippen LogP contribution in [0.25, 0.3) is 16.6 Å². The Bertz CT molecular complexity index is 1310. The molecule has 0 spiro atoms. The lowest BCUT2D eigenvalue weighted by molar-refractivity contribution is -0.138. The van der Waals surface area contributed by atoms with Crippen molar-refractivity contribution in [3.05, 3.63) is 74.9 Å². The summed E-state index contributed by atoms with van der Waals surface area (Å²) < 4.78 is 2.50. The molecule has 1 aromatic heterocycles. The van der Waals surface area contributed by atoms with Crippen LogP contribution < -0.4 is 11.2 Å². The molecule has 0 N–H and O–H groups in total. The lowest BCUT2D eigenvalue weighted by Crippen LogP contribution is -2.51. The molecule has 0 atom stereocenters. The van der Waals surface area contributed by atoms with Gasteiger partial charge in [-0.25, -0.2) is 9.36 Å². The monoisotopic (exact) mass is 448 g/mol. The Kier molecular flexibility index (Phi) is 6.18. The normalized spacial score (nSPS) is 14.2. The average Bonchev–Trinajstić information content (AvgIpc) is 2.82. The van der Waals surface area contributed by atoms with Gasteiger partial charge in [-0.2, -0.15) is 0 Å². The fraction of sp³-hybridized carbons (Fsp3) is 0.360. The summed E-state index contributed by atoms with van der Waals surface area (Å²) >= 11 is 0. The Morgan fingerprint density at radius 1 is 0.879 bits per heavy atom. The zero-order valence-electron chi connectivity index (χ0n) is 19.2. The summed E-state index contributed by atoms with van der Waals surface area (Å²) in [5, 5.41) is 0.374. The molecule has 1 saturated heterocycles. The highest BCUT2D eigenvalue weighted by molar-refractivity contribution is 5.82. The first kappa shape index (κ1) is 22.5. The molecule has 0 saturated carbocycles. The molecule has 2 aromatic carbocycles. The Morgan fingerprint density at radius 2 is 1.48 bits per heavy atom. The first-order valence-corrected chi connectivity index (χ1v) is 11.2. The van der Waals surface area contributed by atoms with Crippen LogP contribution in [0.2, 0.25) is 0 Å². The molecule has 0 aliphatic carbocycles. The van der Waals surface area contributed by atoms with Gasteiger partial charge in [-0.05, 0) is 35.7 Å². The summed E-state index contributed by atoms with van der Waals surface area (Å²) in [6.07, 6.45) is 0. The van der Waals surface area contributed by atoms with Gasteiger partial charge in [0, 0.05) is 33.1 Å². The van der Waals surface area contributed by atoms with E-state index < -0.39 is 11.2 Å². The molecule has 0 radical (unpaired) electrons. The van der Waals surface area contributed by atoms with E-state index in [-0.39, 0.29) is 18.4 Å². The molecule has 172 valence electrons. The van der Waals surface area contributed by atoms with Crippen molar-refractivity contribution < 1.29 is 9.59 Å². The number of nitrogens with zero attached hydrogens (tertiary/aromatic N) is 4. The second-order valence-electron chi connectivity index (χ2n) is 8.66. The highest BCUT2D eigenvalue weighted by Crippen LogP contribution is 2.16. The van der Waals surface area contributed by atoms with Crippen LogP contribution in [0.15, 0.2) is 58.1 Å². The molecular weight excluding hydrogens is 420 g/mol. The molecular formula is C25H28N4O4. The maximum atomic E-state index is 13.5. The second-order valence-corrected chi connectivity index (χ2v) is 8.66. The number of amides is 2. The molecule has 1 aliphatic heterocycles. The topological polar surface area (TPSA) is 84.6 Å². The van der Waals surface area contributed by atoms with Crippen LogP contribution in [-0.2, 0) is 16.1 Å². The smallest absolute Gasteiger partial charge is 0.336 e. The van der Waals surface area contributed by atoms with Crippen molar-refractivity contribution in [1.82, 2.24) is 18.9 Å². The third kappa shape index (κ3) is 4.33. The van der Waals surface area contributed by atoms with E-state index in [1.54, 1.807) is 46.2 Å². The predicted octanol–water partition coefficient (Wildman–Crippen LogP) is 1.97. The lowest BCUT2D eigenvalue weighted by atomic mass is 10.0. The third-order valence-electron chi connectivity index (χ3n) is 6.24. The largest absolute Gasteiger partial charge is 0.339 e. The lowest BCUT2D eigenvalue weighted by Gasteiger charge is -2.34. The Labute approximate surface area is 191 Å². The SMILES string of the molecule is CC(=O)N1CCN(C(=O)Cn2c(=O)n(-c3ccc(C(C)C)cc3)c(=O)c3ccccc32)CC1. The second kappa shape index (κ2) is 9.05. The first-order chi connectivity index (χ1) is 15.8. The van der Waals surface area contributed by atoms with Gasteiger partial charge in [0.05, 0.1) is 16.6 Å². The number of fused-ring (bicyclic) bond motifs is 1. The van der Waals surface area contributed by atoms with E-state index in [0.717, 1.165) is 10.1 Å². The van der Waals surface area contributed by atoms with Crippen LogP contribution in [0.1, 0.15) is 32.3 Å². The van der Waals surface area contributed by atoms with Crippen molar-refractivity contribution >= 4 is 22.7 Å². The average molecular weight is 449 g/mol. The number of para-hydroxylation sites is 1. The Hall–Kier alpha value is -3.68. The maximum absolute atomic E-state index is 13.5. The quantitative estimate of drug-likeness (QED) is 0.611. The minimum absolute atomic E-state index is 0.0140. The van der Waals surface area contributed by atoms with Crippen molar-refractivity contribution in [2.45, 2.75) is 33.2 Å². The van der Waals surface area contributed by atoms with E-state index in [2.05, 4.69) is 13.8 Å². The van der Waals surface area contributed by atoms with Gasteiger partial charge in [0.2, 0.25) is 11.8 Å². The number of aromatic nitrogens is 2. The molecule has 2 amide bonds. The van der Waals surface area contributed by atoms with Crippen LogP contribution in [0, 0.1) is 0 Å². The molecule has 1 fully saturated rings. The van der Waals surface area contributed by atoms with E-state index in [4.69, 9.17) is 0 Å². The fourth-order valence-electron chi connectivity index (χ4n) is 4.22. The van der Waals surface area contributed by atoms with Crippen molar-refractivity contribution in [1.29, 1.82) is 0 Å². The van der Waals surface area contributed by atoms with Gasteiger partial charge < -0.3 is 9.80 Å². The molecule has 3 aromatic rings. The summed E-state index contributed by atoms with van der Waals surface area (Å²) in [4.78, 5) is 54.7. The first-order valence-electron chi connectivity index (χ1n) is 11.2. The van der Waals surface area contributed by atoms with E-state index >= 15 is 0 Å². The van der Waals surface area contributed by atoms with Crippen molar-refractivity contribution in [3.63, 3.8) is 0 Å². The molecule has 2 heterocycles. The number of benzene rings is 2. The number of hydrogen-bond donors (Lipinski definition) is 0. The minimum Gasteiger partial charge on any atom is -0.339 e. The number of hydrogen-bond acceptors (Lipinski definition) is 4. The molecule has 4 rings (SSSR count). The van der Waals surface area contributed by atoms with E-state index in [9.17, 15) is 19.2 Å². The summed E-state index contributed by atoms with van der Waals surface area (Å²) in [6, 6.07) is 14.2. The summed E-state index contributed by atoms with van der Waals surface area (Å²) in [7, 11) is 0. The molecule has 1 aliphatic rings. The zero-order chi connectivity index (χ0) is 23.7. The third-order valence-corrected chi connectivity index (χ3v) is 6.24. The maximum Gasteiger partial charge on any atom is 0.336 e. The summed E-state index contributed by atoms with van der Waals surface area (Å²) in [5.74, 6) is 0.0933. The van der Waals surface area contributed by atoms with Crippen molar-refractivity contribution in [3.8, 4) is 5.69 Å². The molecule has 8 nitrogen and oxygen atoms in total. The van der Waals surface area contributed by atoms with Crippen LogP contribution in [0.5, 0.6) is 0 Å². The molecule has 33 heavy (non-hydrogen) atoms. The van der Waals surface area contributed by atoms with Gasteiger partial charge in [-0.15, -0.1) is 0 Å². The predicted molar refractivity (Wildman–Crippen MR) is 127 cm³/mol. The Morgan fingerprint density at radius 3 is 2.09 bits per heavy atom. The number of rotatable bonds is 4. The standard InChI is InChI=1S/C25H28N4O4/c1-17(2)19-8-10-20(11-9-19)29-24(32)21-6-4-5-7-22(21)28(25(29)33)16-23(31)27-14-12-26(13-15-27)18(3)30/h4-11,17H,12-16H2,1-3H3. The number of carbonyl (C=O) groups is 2. The summed E-state index contributed by atoms with van der Waals surface area (Å²) in [6.45, 7) is 7.27. The molecule has 0 unspecified atom stereocenters. The number of piperazine rings is 1. The zero-order valence-corrected chi connectivity index (χ0v) is 19.2. The van der Waals surface area contributed by atoms with E-state index in [0.29, 0.717) is 48.7 Å². The van der Waals surface area contributed by atoms with Crippen molar-refractivity contribution in [2.24, 2.45) is 0 Å². The van der Waals surface area contributed by atoms with E-state index in [1.165, 1.54) is 11.5 Å². The molecule has 8 heteroatoms. The van der Waals surface area contributed by atoms with Crippen LogP contribution in [0.3, 0.4) is 0 Å². The van der Waals surface area contributed by atoms with Crippen molar-refractivity contribution in [2.75, 3.05) is 26.2 Å². The fourth-order valence-corrected chi connectivity index (χ4v) is 4.22. The van der Waals surface area contributed by atoms with Gasteiger partial charge >= 0.3 is 5.69 Å². The summed E-state index contributed by atoms with van der Waals surface area (Å²) in [5.41, 5.74) is 1.04. The Balaban J connectivity index is 1.74. The van der Waals surface area contributed by atoms with Crippen LogP contribution >= 0.6 is 0 Å².